The Morgan fingerprint density at radius 3 is 3.00 bits per heavy atom. The fraction of sp³-hybridized carbons (Fsp3) is 0.0769. The highest BCUT2D eigenvalue weighted by molar-refractivity contribution is 5.77. The lowest BCUT2D eigenvalue weighted by Gasteiger charge is -2.06. The van der Waals surface area contributed by atoms with E-state index < -0.39 is 0 Å². The van der Waals surface area contributed by atoms with Crippen molar-refractivity contribution in [1.82, 2.24) is 4.98 Å². The highest BCUT2D eigenvalue weighted by atomic mass is 16.5. The van der Waals surface area contributed by atoms with Gasteiger partial charge in [-0.15, -0.1) is 0 Å². The number of isocyanates is 1. The molecule has 0 aliphatic heterocycles. The van der Waals surface area contributed by atoms with E-state index in [1.54, 1.807) is 19.4 Å². The Morgan fingerprint density at radius 2 is 2.24 bits per heavy atom. The maximum atomic E-state index is 10.3. The SMILES string of the molecule is COc1cccc(-c2ccncc2N=C=O)c1. The molecule has 0 fully saturated rings. The first-order chi connectivity index (χ1) is 8.35. The van der Waals surface area contributed by atoms with Gasteiger partial charge in [-0.05, 0) is 23.8 Å². The average molecular weight is 226 g/mol. The molecule has 0 saturated heterocycles. The van der Waals surface area contributed by atoms with E-state index in [0.717, 1.165) is 16.9 Å². The number of ether oxygens (including phenoxy) is 1. The molecule has 0 atom stereocenters. The van der Waals surface area contributed by atoms with Crippen molar-refractivity contribution in [2.45, 2.75) is 0 Å². The molecule has 1 heterocycles. The van der Waals surface area contributed by atoms with Crippen molar-refractivity contribution in [2.24, 2.45) is 4.99 Å². The Kier molecular flexibility index (Phi) is 3.28. The molecule has 1 aromatic heterocycles. The van der Waals surface area contributed by atoms with E-state index in [9.17, 15) is 4.79 Å². The van der Waals surface area contributed by atoms with E-state index in [1.807, 2.05) is 24.3 Å². The van der Waals surface area contributed by atoms with Crippen LogP contribution in [0.5, 0.6) is 5.75 Å². The van der Waals surface area contributed by atoms with E-state index in [2.05, 4.69) is 9.98 Å². The van der Waals surface area contributed by atoms with Gasteiger partial charge >= 0.3 is 0 Å². The van der Waals surface area contributed by atoms with Gasteiger partial charge in [-0.25, -0.2) is 4.79 Å². The lowest BCUT2D eigenvalue weighted by molar-refractivity contribution is 0.415. The number of benzene rings is 1. The minimum Gasteiger partial charge on any atom is -0.497 e. The molecule has 0 amide bonds. The van der Waals surface area contributed by atoms with Gasteiger partial charge in [0.05, 0.1) is 13.3 Å². The van der Waals surface area contributed by atoms with Crippen molar-refractivity contribution in [1.29, 1.82) is 0 Å². The minimum absolute atomic E-state index is 0.496. The molecule has 0 aliphatic carbocycles. The van der Waals surface area contributed by atoms with Crippen LogP contribution >= 0.6 is 0 Å². The molecule has 0 saturated carbocycles. The summed E-state index contributed by atoms with van der Waals surface area (Å²) in [6.07, 6.45) is 4.71. The van der Waals surface area contributed by atoms with Crippen LogP contribution in [0.4, 0.5) is 5.69 Å². The predicted molar refractivity (Wildman–Crippen MR) is 64.0 cm³/mol. The normalized spacial score (nSPS) is 9.47. The van der Waals surface area contributed by atoms with Crippen LogP contribution in [0.1, 0.15) is 0 Å². The standard InChI is InChI=1S/C13H10N2O2/c1-17-11-4-2-3-10(7-11)12-5-6-14-8-13(12)15-9-16/h2-8H,1H3. The molecule has 4 nitrogen and oxygen atoms in total. The molecule has 0 aliphatic rings. The van der Waals surface area contributed by atoms with Crippen molar-refractivity contribution in [3.05, 3.63) is 42.7 Å². The Hall–Kier alpha value is -2.45. The zero-order valence-electron chi connectivity index (χ0n) is 9.25. The van der Waals surface area contributed by atoms with Crippen LogP contribution in [0.15, 0.2) is 47.7 Å². The van der Waals surface area contributed by atoms with E-state index in [1.165, 1.54) is 12.3 Å². The molecule has 2 rings (SSSR count). The maximum Gasteiger partial charge on any atom is 0.240 e. The summed E-state index contributed by atoms with van der Waals surface area (Å²) in [5, 5.41) is 0. The number of carbonyl (C=O) groups excluding carboxylic acids is 1. The Morgan fingerprint density at radius 1 is 1.35 bits per heavy atom. The summed E-state index contributed by atoms with van der Waals surface area (Å²) in [5.41, 5.74) is 2.23. The van der Waals surface area contributed by atoms with Gasteiger partial charge in [0.15, 0.2) is 0 Å². The molecule has 84 valence electrons. The Balaban J connectivity index is 2.55. The summed E-state index contributed by atoms with van der Waals surface area (Å²) in [4.78, 5) is 17.9. The molecular formula is C13H10N2O2. The van der Waals surface area contributed by atoms with Gasteiger partial charge in [0.2, 0.25) is 6.08 Å². The molecule has 0 bridgehead atoms. The van der Waals surface area contributed by atoms with E-state index in [4.69, 9.17) is 4.74 Å². The third kappa shape index (κ3) is 2.38. The van der Waals surface area contributed by atoms with Crippen molar-refractivity contribution in [3.63, 3.8) is 0 Å². The van der Waals surface area contributed by atoms with Gasteiger partial charge in [0, 0.05) is 11.8 Å². The topological polar surface area (TPSA) is 51.6 Å². The third-order valence-corrected chi connectivity index (χ3v) is 2.35. The summed E-state index contributed by atoms with van der Waals surface area (Å²) < 4.78 is 5.15. The van der Waals surface area contributed by atoms with Crippen molar-refractivity contribution in [3.8, 4) is 16.9 Å². The van der Waals surface area contributed by atoms with Crippen molar-refractivity contribution >= 4 is 11.8 Å². The molecule has 0 radical (unpaired) electrons. The van der Waals surface area contributed by atoms with Gasteiger partial charge < -0.3 is 4.74 Å². The van der Waals surface area contributed by atoms with E-state index >= 15 is 0 Å². The molecule has 2 aromatic rings. The third-order valence-electron chi connectivity index (χ3n) is 2.35. The van der Waals surface area contributed by atoms with E-state index in [-0.39, 0.29) is 0 Å². The number of rotatable bonds is 3. The van der Waals surface area contributed by atoms with Crippen molar-refractivity contribution < 1.29 is 9.53 Å². The number of aliphatic imine (C=N–C) groups is 1. The van der Waals surface area contributed by atoms with Gasteiger partial charge in [-0.1, -0.05) is 12.1 Å². The van der Waals surface area contributed by atoms with Gasteiger partial charge in [0.1, 0.15) is 11.4 Å². The molecule has 1 aromatic carbocycles. The number of aromatic nitrogens is 1. The number of hydrogen-bond donors (Lipinski definition) is 0. The van der Waals surface area contributed by atoms with Gasteiger partial charge in [0.25, 0.3) is 0 Å². The Bertz CT molecular complexity index is 575. The zero-order chi connectivity index (χ0) is 12.1. The molecular weight excluding hydrogens is 216 g/mol. The number of hydrogen-bond acceptors (Lipinski definition) is 4. The second-order valence-corrected chi connectivity index (χ2v) is 3.33. The quantitative estimate of drug-likeness (QED) is 0.597. The number of pyridine rings is 1. The highest BCUT2D eigenvalue weighted by Crippen LogP contribution is 2.30. The Labute approximate surface area is 98.6 Å². The van der Waals surface area contributed by atoms with Crippen molar-refractivity contribution in [2.75, 3.05) is 7.11 Å². The highest BCUT2D eigenvalue weighted by Gasteiger charge is 2.05. The zero-order valence-corrected chi connectivity index (χ0v) is 9.25. The summed E-state index contributed by atoms with van der Waals surface area (Å²) in [6, 6.07) is 9.32. The second kappa shape index (κ2) is 5.05. The fourth-order valence-corrected chi connectivity index (χ4v) is 1.56. The summed E-state index contributed by atoms with van der Waals surface area (Å²) >= 11 is 0. The first kappa shape index (κ1) is 11.0. The largest absolute Gasteiger partial charge is 0.497 e. The van der Waals surface area contributed by atoms with Crippen LogP contribution in [0.3, 0.4) is 0 Å². The minimum atomic E-state index is 0.496. The van der Waals surface area contributed by atoms with Crippen LogP contribution in [-0.2, 0) is 4.79 Å². The molecule has 0 N–H and O–H groups in total. The lowest BCUT2D eigenvalue weighted by Crippen LogP contribution is -1.84. The number of methoxy groups -OCH3 is 1. The molecule has 4 heteroatoms. The smallest absolute Gasteiger partial charge is 0.240 e. The molecule has 0 unspecified atom stereocenters. The van der Waals surface area contributed by atoms with Gasteiger partial charge in [-0.2, -0.15) is 4.99 Å². The van der Waals surface area contributed by atoms with Crippen LogP contribution in [0.25, 0.3) is 11.1 Å². The number of nitrogens with zero attached hydrogens (tertiary/aromatic N) is 2. The fourth-order valence-electron chi connectivity index (χ4n) is 1.56. The summed E-state index contributed by atoms with van der Waals surface area (Å²) in [7, 11) is 1.61. The maximum absolute atomic E-state index is 10.3. The average Bonchev–Trinajstić information content (AvgIpc) is 2.40. The predicted octanol–water partition coefficient (Wildman–Crippen LogP) is 2.72. The van der Waals surface area contributed by atoms with Crippen LogP contribution in [-0.4, -0.2) is 18.2 Å². The first-order valence-electron chi connectivity index (χ1n) is 5.01. The summed E-state index contributed by atoms with van der Waals surface area (Å²) in [6.45, 7) is 0. The van der Waals surface area contributed by atoms with Crippen LogP contribution < -0.4 is 4.74 Å². The molecule has 17 heavy (non-hydrogen) atoms. The van der Waals surface area contributed by atoms with Crippen LogP contribution in [0.2, 0.25) is 0 Å². The van der Waals surface area contributed by atoms with Gasteiger partial charge in [-0.3, -0.25) is 4.98 Å². The monoisotopic (exact) mass is 226 g/mol. The summed E-state index contributed by atoms with van der Waals surface area (Å²) in [5.74, 6) is 0.750. The second-order valence-electron chi connectivity index (χ2n) is 3.33. The lowest BCUT2D eigenvalue weighted by atomic mass is 10.1. The molecule has 0 spiro atoms. The van der Waals surface area contributed by atoms with Crippen LogP contribution in [0, 0.1) is 0 Å². The van der Waals surface area contributed by atoms with E-state index in [0.29, 0.717) is 5.69 Å². The first-order valence-corrected chi connectivity index (χ1v) is 5.01.